The Morgan fingerprint density at radius 3 is 2.02 bits per heavy atom. The SMILES string of the molecule is CCCCCCOc1cc(OCCCCCC)c(C(=O)Nc2cncc(C(=O)OC)c2)cc1NC(=O)OC(C)(C)C. The fraction of sp³-hybridized carbons (Fsp3) is 0.548. The number of rotatable bonds is 16. The van der Waals surface area contributed by atoms with Crippen LogP contribution < -0.4 is 20.1 Å². The summed E-state index contributed by atoms with van der Waals surface area (Å²) in [6.45, 7) is 10.4. The van der Waals surface area contributed by atoms with Gasteiger partial charge < -0.3 is 24.3 Å². The molecular formula is C31H45N3O7. The number of nitrogens with one attached hydrogen (secondary N) is 2. The monoisotopic (exact) mass is 571 g/mol. The van der Waals surface area contributed by atoms with Crippen molar-refractivity contribution in [1.82, 2.24) is 4.98 Å². The number of carbonyl (C=O) groups is 3. The van der Waals surface area contributed by atoms with Gasteiger partial charge in [0.25, 0.3) is 5.91 Å². The molecule has 10 nitrogen and oxygen atoms in total. The Morgan fingerprint density at radius 2 is 1.44 bits per heavy atom. The molecule has 0 radical (unpaired) electrons. The van der Waals surface area contributed by atoms with Gasteiger partial charge in [-0.05, 0) is 45.7 Å². The van der Waals surface area contributed by atoms with Gasteiger partial charge in [0.15, 0.2) is 0 Å². The van der Waals surface area contributed by atoms with Crippen LogP contribution in [0.15, 0.2) is 30.6 Å². The van der Waals surface area contributed by atoms with E-state index in [-0.39, 0.29) is 16.8 Å². The number of benzene rings is 1. The summed E-state index contributed by atoms with van der Waals surface area (Å²) >= 11 is 0. The van der Waals surface area contributed by atoms with Crippen LogP contribution in [0.5, 0.6) is 11.5 Å². The Morgan fingerprint density at radius 1 is 0.805 bits per heavy atom. The maximum atomic E-state index is 13.5. The zero-order chi connectivity index (χ0) is 30.3. The molecule has 2 amide bonds. The first-order valence-electron chi connectivity index (χ1n) is 14.4. The highest BCUT2D eigenvalue weighted by Gasteiger charge is 2.22. The molecule has 226 valence electrons. The van der Waals surface area contributed by atoms with E-state index >= 15 is 0 Å². The average Bonchev–Trinajstić information content (AvgIpc) is 2.92. The summed E-state index contributed by atoms with van der Waals surface area (Å²) in [5, 5.41) is 5.49. The van der Waals surface area contributed by atoms with Gasteiger partial charge in [-0.1, -0.05) is 52.4 Å². The van der Waals surface area contributed by atoms with Gasteiger partial charge in [0.1, 0.15) is 17.1 Å². The van der Waals surface area contributed by atoms with Crippen LogP contribution >= 0.6 is 0 Å². The molecule has 0 unspecified atom stereocenters. The van der Waals surface area contributed by atoms with E-state index in [9.17, 15) is 14.4 Å². The van der Waals surface area contributed by atoms with Gasteiger partial charge in [0.05, 0.1) is 49.0 Å². The van der Waals surface area contributed by atoms with Crippen molar-refractivity contribution in [1.29, 1.82) is 0 Å². The van der Waals surface area contributed by atoms with Gasteiger partial charge in [-0.25, -0.2) is 9.59 Å². The molecular weight excluding hydrogens is 526 g/mol. The van der Waals surface area contributed by atoms with Gasteiger partial charge in [0.2, 0.25) is 0 Å². The molecule has 0 aliphatic carbocycles. The summed E-state index contributed by atoms with van der Waals surface area (Å²) in [7, 11) is 1.27. The van der Waals surface area contributed by atoms with Crippen LogP contribution in [0.4, 0.5) is 16.2 Å². The number of hydrogen-bond acceptors (Lipinski definition) is 8. The number of aromatic nitrogens is 1. The zero-order valence-corrected chi connectivity index (χ0v) is 25.3. The molecule has 0 aliphatic rings. The number of carbonyl (C=O) groups excluding carboxylic acids is 3. The molecule has 2 rings (SSSR count). The lowest BCUT2D eigenvalue weighted by Gasteiger charge is -2.22. The third kappa shape index (κ3) is 12.1. The van der Waals surface area contributed by atoms with Crippen LogP contribution in [0.25, 0.3) is 0 Å². The molecule has 0 saturated heterocycles. The first-order chi connectivity index (χ1) is 19.6. The van der Waals surface area contributed by atoms with Gasteiger partial charge in [-0.3, -0.25) is 15.1 Å². The molecule has 10 heteroatoms. The van der Waals surface area contributed by atoms with Gasteiger partial charge >= 0.3 is 12.1 Å². The third-order valence-corrected chi connectivity index (χ3v) is 5.89. The molecule has 0 atom stereocenters. The van der Waals surface area contributed by atoms with Crippen molar-refractivity contribution in [2.75, 3.05) is 31.0 Å². The van der Waals surface area contributed by atoms with Crippen molar-refractivity contribution in [2.45, 2.75) is 91.6 Å². The van der Waals surface area contributed by atoms with Crippen molar-refractivity contribution in [2.24, 2.45) is 0 Å². The van der Waals surface area contributed by atoms with Crippen molar-refractivity contribution in [3.05, 3.63) is 41.7 Å². The minimum Gasteiger partial charge on any atom is -0.493 e. The van der Waals surface area contributed by atoms with E-state index in [4.69, 9.17) is 18.9 Å². The van der Waals surface area contributed by atoms with Crippen LogP contribution in [0.3, 0.4) is 0 Å². The minimum atomic E-state index is -0.718. The highest BCUT2D eigenvalue weighted by molar-refractivity contribution is 6.08. The van der Waals surface area contributed by atoms with E-state index in [1.54, 1.807) is 26.8 Å². The summed E-state index contributed by atoms with van der Waals surface area (Å²) in [6.07, 6.45) is 10.2. The third-order valence-electron chi connectivity index (χ3n) is 5.89. The average molecular weight is 572 g/mol. The second-order valence-corrected chi connectivity index (χ2v) is 10.7. The van der Waals surface area contributed by atoms with E-state index < -0.39 is 23.6 Å². The first kappa shape index (κ1) is 33.4. The fourth-order valence-corrected chi connectivity index (χ4v) is 3.85. The number of anilines is 2. The summed E-state index contributed by atoms with van der Waals surface area (Å²) in [6, 6.07) is 4.61. The van der Waals surface area contributed by atoms with E-state index in [1.165, 1.54) is 31.6 Å². The van der Waals surface area contributed by atoms with E-state index in [0.717, 1.165) is 51.4 Å². The van der Waals surface area contributed by atoms with Gasteiger partial charge in [0, 0.05) is 12.3 Å². The second-order valence-electron chi connectivity index (χ2n) is 10.7. The maximum Gasteiger partial charge on any atom is 0.412 e. The fourth-order valence-electron chi connectivity index (χ4n) is 3.85. The predicted molar refractivity (Wildman–Crippen MR) is 159 cm³/mol. The molecule has 1 aromatic heterocycles. The van der Waals surface area contributed by atoms with Crippen LogP contribution in [-0.4, -0.2) is 48.9 Å². The van der Waals surface area contributed by atoms with Crippen LogP contribution in [0.1, 0.15) is 107 Å². The molecule has 2 aromatic rings. The van der Waals surface area contributed by atoms with Gasteiger partial charge in [-0.2, -0.15) is 0 Å². The van der Waals surface area contributed by atoms with Crippen LogP contribution in [0.2, 0.25) is 0 Å². The highest BCUT2D eigenvalue weighted by Crippen LogP contribution is 2.35. The topological polar surface area (TPSA) is 125 Å². The Hall–Kier alpha value is -3.82. The number of pyridine rings is 1. The number of ether oxygens (including phenoxy) is 4. The number of amides is 2. The number of esters is 1. The van der Waals surface area contributed by atoms with E-state index in [2.05, 4.69) is 29.5 Å². The Labute approximate surface area is 243 Å². The minimum absolute atomic E-state index is 0.174. The number of hydrogen-bond donors (Lipinski definition) is 2. The molecule has 2 N–H and O–H groups in total. The van der Waals surface area contributed by atoms with Crippen molar-refractivity contribution < 1.29 is 33.3 Å². The number of methoxy groups -OCH3 is 1. The lowest BCUT2D eigenvalue weighted by molar-refractivity contribution is 0.0597. The molecule has 0 fully saturated rings. The zero-order valence-electron chi connectivity index (χ0n) is 25.3. The highest BCUT2D eigenvalue weighted by atomic mass is 16.6. The Balaban J connectivity index is 2.42. The lowest BCUT2D eigenvalue weighted by Crippen LogP contribution is -2.27. The molecule has 1 heterocycles. The summed E-state index contributed by atoms with van der Waals surface area (Å²) < 4.78 is 22.3. The normalized spacial score (nSPS) is 11.0. The molecule has 41 heavy (non-hydrogen) atoms. The molecule has 0 bridgehead atoms. The van der Waals surface area contributed by atoms with Crippen LogP contribution in [-0.2, 0) is 9.47 Å². The largest absolute Gasteiger partial charge is 0.493 e. The maximum absolute atomic E-state index is 13.5. The quantitative estimate of drug-likeness (QED) is 0.158. The lowest BCUT2D eigenvalue weighted by atomic mass is 10.1. The Bertz CT molecular complexity index is 1150. The molecule has 0 spiro atoms. The number of nitrogens with zero attached hydrogens (tertiary/aromatic N) is 1. The van der Waals surface area contributed by atoms with Crippen molar-refractivity contribution in [3.8, 4) is 11.5 Å². The molecule has 1 aromatic carbocycles. The summed E-state index contributed by atoms with van der Waals surface area (Å²) in [5.41, 5.74) is 0.222. The second kappa shape index (κ2) is 17.1. The number of unbranched alkanes of at least 4 members (excludes halogenated alkanes) is 6. The van der Waals surface area contributed by atoms with E-state index in [1.807, 2.05) is 0 Å². The standard InChI is InChI=1S/C31H45N3O7/c1-7-9-11-13-15-39-26-19-27(40-16-14-12-10-8-2)25(34-30(37)41-31(3,4)5)18-24(26)28(35)33-23-17-22(20-32-21-23)29(36)38-6/h17-21H,7-16H2,1-6H3,(H,33,35)(H,34,37). The van der Waals surface area contributed by atoms with Crippen molar-refractivity contribution in [3.63, 3.8) is 0 Å². The summed E-state index contributed by atoms with van der Waals surface area (Å²) in [5.74, 6) is -0.399. The predicted octanol–water partition coefficient (Wildman–Crippen LogP) is 7.39. The van der Waals surface area contributed by atoms with E-state index in [0.29, 0.717) is 30.4 Å². The summed E-state index contributed by atoms with van der Waals surface area (Å²) in [4.78, 5) is 42.2. The van der Waals surface area contributed by atoms with Crippen LogP contribution in [0, 0.1) is 0 Å². The van der Waals surface area contributed by atoms with Crippen molar-refractivity contribution >= 4 is 29.3 Å². The molecule has 0 aliphatic heterocycles. The smallest absolute Gasteiger partial charge is 0.412 e. The first-order valence-corrected chi connectivity index (χ1v) is 14.4. The molecule has 0 saturated carbocycles. The van der Waals surface area contributed by atoms with Gasteiger partial charge in [-0.15, -0.1) is 0 Å². The Kier molecular flexibility index (Phi) is 13.9.